The van der Waals surface area contributed by atoms with Crippen molar-refractivity contribution in [3.05, 3.63) is 59.2 Å². The number of rotatable bonds is 4. The largest absolute Gasteiger partial charge is 0.497 e. The van der Waals surface area contributed by atoms with E-state index >= 15 is 0 Å². The smallest absolute Gasteiger partial charge is 0.159 e. The highest BCUT2D eigenvalue weighted by Crippen LogP contribution is 2.33. The fourth-order valence-corrected chi connectivity index (χ4v) is 1.91. The summed E-state index contributed by atoms with van der Waals surface area (Å²) in [5.41, 5.74) is 0.687. The molecule has 2 aromatic carbocycles. The molecule has 0 heterocycles. The van der Waals surface area contributed by atoms with Gasteiger partial charge < -0.3 is 14.6 Å². The van der Waals surface area contributed by atoms with Gasteiger partial charge >= 0.3 is 0 Å². The Morgan fingerprint density at radius 2 is 1.70 bits per heavy atom. The van der Waals surface area contributed by atoms with E-state index in [2.05, 4.69) is 0 Å². The van der Waals surface area contributed by atoms with E-state index in [1.165, 1.54) is 20.3 Å². The lowest BCUT2D eigenvalue weighted by Gasteiger charge is -2.16. The van der Waals surface area contributed by atoms with Crippen LogP contribution in [0.15, 0.2) is 36.4 Å². The first-order chi connectivity index (χ1) is 9.56. The van der Waals surface area contributed by atoms with Crippen molar-refractivity contribution in [3.63, 3.8) is 0 Å². The number of aliphatic hydroxyl groups excluding tert-OH is 1. The molecule has 0 saturated carbocycles. The van der Waals surface area contributed by atoms with Gasteiger partial charge in [0.2, 0.25) is 0 Å². The summed E-state index contributed by atoms with van der Waals surface area (Å²) in [7, 11) is 2.97. The lowest BCUT2D eigenvalue weighted by molar-refractivity contribution is 0.213. The molecule has 3 nitrogen and oxygen atoms in total. The van der Waals surface area contributed by atoms with Crippen LogP contribution in [-0.2, 0) is 0 Å². The molecule has 0 bridgehead atoms. The van der Waals surface area contributed by atoms with E-state index in [0.717, 1.165) is 12.1 Å². The molecule has 2 rings (SSSR count). The molecule has 2 aromatic rings. The highest BCUT2D eigenvalue weighted by Gasteiger charge is 2.17. The topological polar surface area (TPSA) is 38.7 Å². The monoisotopic (exact) mass is 280 g/mol. The van der Waals surface area contributed by atoms with Crippen molar-refractivity contribution in [2.24, 2.45) is 0 Å². The van der Waals surface area contributed by atoms with Crippen LogP contribution in [0.25, 0.3) is 0 Å². The van der Waals surface area contributed by atoms with Gasteiger partial charge in [-0.3, -0.25) is 0 Å². The second-order valence-corrected chi connectivity index (χ2v) is 4.18. The van der Waals surface area contributed by atoms with Crippen LogP contribution >= 0.6 is 0 Å². The first-order valence-electron chi connectivity index (χ1n) is 5.91. The Labute approximate surface area is 115 Å². The predicted octanol–water partition coefficient (Wildman–Crippen LogP) is 3.06. The normalized spacial score (nSPS) is 12.1. The number of ether oxygens (including phenoxy) is 2. The van der Waals surface area contributed by atoms with Gasteiger partial charge in [0.05, 0.1) is 14.2 Å². The van der Waals surface area contributed by atoms with Crippen molar-refractivity contribution >= 4 is 0 Å². The lowest BCUT2D eigenvalue weighted by Crippen LogP contribution is -2.04. The summed E-state index contributed by atoms with van der Waals surface area (Å²) >= 11 is 0. The van der Waals surface area contributed by atoms with Crippen molar-refractivity contribution in [2.45, 2.75) is 6.10 Å². The molecule has 1 N–H and O–H groups in total. The van der Waals surface area contributed by atoms with Crippen LogP contribution < -0.4 is 9.47 Å². The molecular weight excluding hydrogens is 266 g/mol. The molecule has 106 valence electrons. The van der Waals surface area contributed by atoms with Crippen LogP contribution in [-0.4, -0.2) is 19.3 Å². The Hall–Kier alpha value is -2.14. The number of hydrogen-bond acceptors (Lipinski definition) is 3. The number of aliphatic hydroxyl groups is 1. The van der Waals surface area contributed by atoms with E-state index in [4.69, 9.17) is 9.47 Å². The number of halogens is 2. The molecule has 0 spiro atoms. The van der Waals surface area contributed by atoms with Gasteiger partial charge in [-0.1, -0.05) is 6.07 Å². The highest BCUT2D eigenvalue weighted by molar-refractivity contribution is 5.45. The van der Waals surface area contributed by atoms with Gasteiger partial charge in [0.25, 0.3) is 0 Å². The summed E-state index contributed by atoms with van der Waals surface area (Å²) in [6.07, 6.45) is -1.12. The SMILES string of the molecule is COc1ccc(C(O)c2ccc(F)c(F)c2)c(OC)c1. The van der Waals surface area contributed by atoms with E-state index in [-0.39, 0.29) is 5.56 Å². The van der Waals surface area contributed by atoms with Crippen LogP contribution in [0.2, 0.25) is 0 Å². The average molecular weight is 280 g/mol. The molecule has 0 aliphatic heterocycles. The minimum absolute atomic E-state index is 0.243. The minimum Gasteiger partial charge on any atom is -0.497 e. The second kappa shape index (κ2) is 5.88. The van der Waals surface area contributed by atoms with E-state index < -0.39 is 17.7 Å². The average Bonchev–Trinajstić information content (AvgIpc) is 2.48. The molecule has 0 aromatic heterocycles. The van der Waals surface area contributed by atoms with Crippen molar-refractivity contribution in [3.8, 4) is 11.5 Å². The predicted molar refractivity (Wildman–Crippen MR) is 70.0 cm³/mol. The Balaban J connectivity index is 2.41. The number of methoxy groups -OCH3 is 2. The summed E-state index contributed by atoms with van der Waals surface area (Å²) in [5, 5.41) is 10.3. The summed E-state index contributed by atoms with van der Waals surface area (Å²) in [6, 6.07) is 8.14. The maximum Gasteiger partial charge on any atom is 0.159 e. The lowest BCUT2D eigenvalue weighted by atomic mass is 10.0. The van der Waals surface area contributed by atoms with Gasteiger partial charge in [-0.2, -0.15) is 0 Å². The zero-order valence-corrected chi connectivity index (χ0v) is 11.1. The molecule has 0 saturated heterocycles. The molecule has 0 aliphatic rings. The van der Waals surface area contributed by atoms with Crippen LogP contribution in [0, 0.1) is 11.6 Å². The first-order valence-corrected chi connectivity index (χ1v) is 5.91. The quantitative estimate of drug-likeness (QED) is 0.935. The second-order valence-electron chi connectivity index (χ2n) is 4.18. The number of benzene rings is 2. The summed E-state index contributed by atoms with van der Waals surface area (Å²) in [5.74, 6) is -0.985. The molecule has 0 fully saturated rings. The third-order valence-corrected chi connectivity index (χ3v) is 2.99. The van der Waals surface area contributed by atoms with Gasteiger partial charge in [0.15, 0.2) is 11.6 Å². The van der Waals surface area contributed by atoms with E-state index in [1.54, 1.807) is 18.2 Å². The van der Waals surface area contributed by atoms with Crippen molar-refractivity contribution in [1.82, 2.24) is 0 Å². The van der Waals surface area contributed by atoms with E-state index in [9.17, 15) is 13.9 Å². The van der Waals surface area contributed by atoms with Gasteiger partial charge in [0, 0.05) is 11.6 Å². The van der Waals surface area contributed by atoms with Gasteiger partial charge in [-0.15, -0.1) is 0 Å². The highest BCUT2D eigenvalue weighted by atomic mass is 19.2. The van der Waals surface area contributed by atoms with Crippen LogP contribution in [0.5, 0.6) is 11.5 Å². The Kier molecular flexibility index (Phi) is 4.20. The van der Waals surface area contributed by atoms with Crippen LogP contribution in [0.4, 0.5) is 8.78 Å². The summed E-state index contributed by atoms with van der Waals surface area (Å²) in [6.45, 7) is 0. The van der Waals surface area contributed by atoms with Crippen LogP contribution in [0.3, 0.4) is 0 Å². The summed E-state index contributed by atoms with van der Waals surface area (Å²) in [4.78, 5) is 0. The van der Waals surface area contributed by atoms with Crippen molar-refractivity contribution in [2.75, 3.05) is 14.2 Å². The van der Waals surface area contributed by atoms with Gasteiger partial charge in [0.1, 0.15) is 17.6 Å². The number of hydrogen-bond donors (Lipinski definition) is 1. The fourth-order valence-electron chi connectivity index (χ4n) is 1.91. The first kappa shape index (κ1) is 14.3. The molecule has 0 radical (unpaired) electrons. The molecule has 0 amide bonds. The molecule has 1 unspecified atom stereocenters. The maximum atomic E-state index is 13.2. The fraction of sp³-hybridized carbons (Fsp3) is 0.200. The molecule has 20 heavy (non-hydrogen) atoms. The summed E-state index contributed by atoms with van der Waals surface area (Å²) < 4.78 is 36.4. The van der Waals surface area contributed by atoms with Crippen molar-refractivity contribution < 1.29 is 23.4 Å². The third-order valence-electron chi connectivity index (χ3n) is 2.99. The third kappa shape index (κ3) is 2.72. The molecule has 0 aliphatic carbocycles. The Morgan fingerprint density at radius 3 is 2.30 bits per heavy atom. The standard InChI is InChI=1S/C15H14F2O3/c1-19-10-4-5-11(14(8-10)20-2)15(18)9-3-6-12(16)13(17)7-9/h3-8,15,18H,1-2H3. The minimum atomic E-state index is -1.12. The van der Waals surface area contributed by atoms with Crippen LogP contribution in [0.1, 0.15) is 17.2 Å². The van der Waals surface area contributed by atoms with E-state index in [1.807, 2.05) is 0 Å². The zero-order valence-electron chi connectivity index (χ0n) is 11.1. The molecule has 1 atom stereocenters. The zero-order chi connectivity index (χ0) is 14.7. The van der Waals surface area contributed by atoms with E-state index in [0.29, 0.717) is 17.1 Å². The Morgan fingerprint density at radius 1 is 0.950 bits per heavy atom. The molecular formula is C15H14F2O3. The maximum absolute atomic E-state index is 13.2. The van der Waals surface area contributed by atoms with Gasteiger partial charge in [-0.05, 0) is 29.8 Å². The molecule has 5 heteroatoms. The Bertz CT molecular complexity index is 614. The van der Waals surface area contributed by atoms with Gasteiger partial charge in [-0.25, -0.2) is 8.78 Å². The van der Waals surface area contributed by atoms with Crippen molar-refractivity contribution in [1.29, 1.82) is 0 Å².